The number of thiophene rings is 1. The molecule has 2 atom stereocenters. The fourth-order valence-electron chi connectivity index (χ4n) is 2.78. The van der Waals surface area contributed by atoms with Crippen LogP contribution in [0.3, 0.4) is 0 Å². The number of sulfonamides is 1. The van der Waals surface area contributed by atoms with Crippen molar-refractivity contribution in [3.05, 3.63) is 15.8 Å². The zero-order valence-electron chi connectivity index (χ0n) is 12.2. The summed E-state index contributed by atoms with van der Waals surface area (Å²) in [5.74, 6) is 0.309. The summed E-state index contributed by atoms with van der Waals surface area (Å²) in [5, 5.41) is 1.86. The van der Waals surface area contributed by atoms with E-state index in [-0.39, 0.29) is 12.6 Å². The van der Waals surface area contributed by atoms with Crippen LogP contribution < -0.4 is 10.5 Å². The number of piperidine rings is 1. The highest BCUT2D eigenvalue weighted by Crippen LogP contribution is 2.27. The molecule has 1 saturated heterocycles. The van der Waals surface area contributed by atoms with Gasteiger partial charge < -0.3 is 10.6 Å². The Hall–Kier alpha value is -0.470. The summed E-state index contributed by atoms with van der Waals surface area (Å²) in [6.45, 7) is 6.01. The van der Waals surface area contributed by atoms with Crippen LogP contribution in [0.5, 0.6) is 0 Å². The summed E-state index contributed by atoms with van der Waals surface area (Å²) in [6.07, 6.45) is 0.845. The molecule has 1 aromatic rings. The van der Waals surface area contributed by atoms with E-state index in [2.05, 4.69) is 23.6 Å². The highest BCUT2D eigenvalue weighted by molar-refractivity contribution is 7.89. The molecular weight excluding hydrogens is 294 g/mol. The van der Waals surface area contributed by atoms with Gasteiger partial charge in [-0.1, -0.05) is 6.92 Å². The summed E-state index contributed by atoms with van der Waals surface area (Å²) in [6, 6.07) is 0.00104. The first-order valence-corrected chi connectivity index (χ1v) is 9.19. The number of hydrogen-bond acceptors (Lipinski definition) is 5. The molecule has 1 aliphatic heterocycles. The minimum absolute atomic E-state index is 0.00104. The van der Waals surface area contributed by atoms with Gasteiger partial charge in [0.2, 0.25) is 10.0 Å². The van der Waals surface area contributed by atoms with Gasteiger partial charge in [-0.25, -0.2) is 13.1 Å². The fraction of sp³-hybridized carbons (Fsp3) is 0.692. The van der Waals surface area contributed by atoms with Crippen LogP contribution in [0.1, 0.15) is 23.8 Å². The van der Waals surface area contributed by atoms with Crippen LogP contribution in [-0.4, -0.2) is 39.5 Å². The second-order valence-corrected chi connectivity index (χ2v) is 8.25. The second-order valence-electron chi connectivity index (χ2n) is 5.63. The van der Waals surface area contributed by atoms with Gasteiger partial charge in [0.15, 0.2) is 0 Å². The molecule has 0 aliphatic carbocycles. The Morgan fingerprint density at radius 1 is 1.55 bits per heavy atom. The normalized spacial score (nSPS) is 25.0. The Kier molecular flexibility index (Phi) is 4.86. The van der Waals surface area contributed by atoms with Crippen LogP contribution in [0.25, 0.3) is 0 Å². The molecule has 114 valence electrons. The highest BCUT2D eigenvalue weighted by atomic mass is 32.2. The molecule has 0 spiro atoms. The molecule has 1 fully saturated rings. The number of rotatable bonds is 4. The molecule has 3 N–H and O–H groups in total. The largest absolute Gasteiger partial charge is 0.326 e. The molecule has 0 saturated carbocycles. The van der Waals surface area contributed by atoms with Gasteiger partial charge in [-0.2, -0.15) is 0 Å². The Morgan fingerprint density at radius 2 is 2.25 bits per heavy atom. The third-order valence-electron chi connectivity index (χ3n) is 3.86. The zero-order valence-corrected chi connectivity index (χ0v) is 13.9. The van der Waals surface area contributed by atoms with E-state index in [0.717, 1.165) is 30.0 Å². The molecule has 1 aliphatic rings. The molecule has 0 aromatic carbocycles. The van der Waals surface area contributed by atoms with Crippen molar-refractivity contribution in [3.8, 4) is 0 Å². The molecule has 20 heavy (non-hydrogen) atoms. The van der Waals surface area contributed by atoms with E-state index < -0.39 is 10.0 Å². The second kappa shape index (κ2) is 6.11. The third kappa shape index (κ3) is 3.23. The Labute approximate surface area is 125 Å². The number of nitrogens with zero attached hydrogens (tertiary/aromatic N) is 1. The molecule has 0 bridgehead atoms. The van der Waals surface area contributed by atoms with Gasteiger partial charge in [0, 0.05) is 24.0 Å². The molecule has 2 rings (SSSR count). The first-order chi connectivity index (χ1) is 9.35. The highest BCUT2D eigenvalue weighted by Gasteiger charge is 2.30. The van der Waals surface area contributed by atoms with Gasteiger partial charge in [-0.05, 0) is 43.8 Å². The standard InChI is InChI=1S/C13H23N3O2S2/c1-9-7-16(3)5-4-11(9)15-20(17,18)13-10(2)8-19-12(13)6-14/h8-9,11,15H,4-7,14H2,1-3H3. The molecule has 5 nitrogen and oxygen atoms in total. The van der Waals surface area contributed by atoms with Gasteiger partial charge >= 0.3 is 0 Å². The number of nitrogens with one attached hydrogen (secondary N) is 1. The molecule has 0 radical (unpaired) electrons. The molecule has 2 heterocycles. The maximum absolute atomic E-state index is 12.6. The van der Waals surface area contributed by atoms with Crippen molar-refractivity contribution in [1.82, 2.24) is 9.62 Å². The maximum atomic E-state index is 12.6. The Balaban J connectivity index is 2.21. The number of aryl methyl sites for hydroxylation is 1. The molecule has 2 unspecified atom stereocenters. The summed E-state index contributed by atoms with van der Waals surface area (Å²) in [7, 11) is -1.41. The van der Waals surface area contributed by atoms with E-state index in [1.165, 1.54) is 11.3 Å². The van der Waals surface area contributed by atoms with E-state index in [1.54, 1.807) is 0 Å². The van der Waals surface area contributed by atoms with Gasteiger partial charge in [-0.3, -0.25) is 0 Å². The van der Waals surface area contributed by atoms with E-state index in [1.807, 2.05) is 12.3 Å². The zero-order chi connectivity index (χ0) is 14.9. The van der Waals surface area contributed by atoms with Crippen molar-refractivity contribution in [3.63, 3.8) is 0 Å². The predicted octanol–water partition coefficient (Wildman–Crippen LogP) is 1.13. The van der Waals surface area contributed by atoms with E-state index in [4.69, 9.17) is 5.73 Å². The predicted molar refractivity (Wildman–Crippen MR) is 82.3 cm³/mol. The smallest absolute Gasteiger partial charge is 0.242 e. The summed E-state index contributed by atoms with van der Waals surface area (Å²) >= 11 is 1.41. The average molecular weight is 317 g/mol. The number of nitrogens with two attached hydrogens (primary N) is 1. The molecule has 0 amide bonds. The molecular formula is C13H23N3O2S2. The van der Waals surface area contributed by atoms with Crippen molar-refractivity contribution in [1.29, 1.82) is 0 Å². The van der Waals surface area contributed by atoms with Crippen LogP contribution in [0.2, 0.25) is 0 Å². The first-order valence-electron chi connectivity index (χ1n) is 6.83. The van der Waals surface area contributed by atoms with Gasteiger partial charge in [0.25, 0.3) is 0 Å². The summed E-state index contributed by atoms with van der Waals surface area (Å²) < 4.78 is 28.1. The third-order valence-corrected chi connectivity index (χ3v) is 6.83. The van der Waals surface area contributed by atoms with Gasteiger partial charge in [0.05, 0.1) is 0 Å². The Morgan fingerprint density at radius 3 is 2.85 bits per heavy atom. The van der Waals surface area contributed by atoms with Crippen LogP contribution in [-0.2, 0) is 16.6 Å². The number of likely N-dealkylation sites (tertiary alicyclic amines) is 1. The van der Waals surface area contributed by atoms with E-state index >= 15 is 0 Å². The maximum Gasteiger partial charge on any atom is 0.242 e. The SMILES string of the molecule is Cc1csc(CN)c1S(=O)(=O)NC1CCN(C)CC1C. The van der Waals surface area contributed by atoms with E-state index in [0.29, 0.717) is 10.8 Å². The number of hydrogen-bond donors (Lipinski definition) is 2. The molecule has 1 aromatic heterocycles. The van der Waals surface area contributed by atoms with Gasteiger partial charge in [-0.15, -0.1) is 11.3 Å². The lowest BCUT2D eigenvalue weighted by atomic mass is 9.95. The van der Waals surface area contributed by atoms with Crippen LogP contribution >= 0.6 is 11.3 Å². The van der Waals surface area contributed by atoms with Crippen molar-refractivity contribution < 1.29 is 8.42 Å². The molecule has 7 heteroatoms. The topological polar surface area (TPSA) is 75.4 Å². The minimum Gasteiger partial charge on any atom is -0.326 e. The van der Waals surface area contributed by atoms with Crippen molar-refractivity contribution in [2.75, 3.05) is 20.1 Å². The quantitative estimate of drug-likeness (QED) is 0.873. The van der Waals surface area contributed by atoms with Gasteiger partial charge in [0.1, 0.15) is 4.90 Å². The monoisotopic (exact) mass is 317 g/mol. The Bertz CT molecular complexity index is 568. The van der Waals surface area contributed by atoms with Crippen molar-refractivity contribution in [2.24, 2.45) is 11.7 Å². The average Bonchev–Trinajstić information content (AvgIpc) is 2.75. The fourth-order valence-corrected chi connectivity index (χ4v) is 5.86. The van der Waals surface area contributed by atoms with E-state index in [9.17, 15) is 8.42 Å². The summed E-state index contributed by atoms with van der Waals surface area (Å²) in [4.78, 5) is 3.35. The van der Waals surface area contributed by atoms with Crippen LogP contribution in [0.15, 0.2) is 10.3 Å². The summed E-state index contributed by atoms with van der Waals surface area (Å²) in [5.41, 5.74) is 6.43. The van der Waals surface area contributed by atoms with Crippen LogP contribution in [0.4, 0.5) is 0 Å². The first kappa shape index (κ1) is 15.9. The minimum atomic E-state index is -3.48. The lowest BCUT2D eigenvalue weighted by Crippen LogP contribution is -2.48. The lowest BCUT2D eigenvalue weighted by molar-refractivity contribution is 0.188. The lowest BCUT2D eigenvalue weighted by Gasteiger charge is -2.35. The van der Waals surface area contributed by atoms with Crippen LogP contribution in [0, 0.1) is 12.8 Å². The van der Waals surface area contributed by atoms with Crippen molar-refractivity contribution in [2.45, 2.75) is 37.8 Å². The van der Waals surface area contributed by atoms with Crippen molar-refractivity contribution >= 4 is 21.4 Å².